The molecule has 0 saturated carbocycles. The van der Waals surface area contributed by atoms with Gasteiger partial charge in [0.15, 0.2) is 11.7 Å². The normalized spacial score (nSPS) is 16.9. The molecule has 4 rings (SSSR count). The van der Waals surface area contributed by atoms with Crippen molar-refractivity contribution in [1.82, 2.24) is 20.2 Å². The number of para-hydroxylation sites is 1. The summed E-state index contributed by atoms with van der Waals surface area (Å²) in [6.07, 6.45) is 1.51. The molecule has 1 aromatic heterocycles. The molecule has 0 spiro atoms. The van der Waals surface area contributed by atoms with Gasteiger partial charge in [-0.15, -0.1) is 0 Å². The maximum absolute atomic E-state index is 13.8. The molecule has 0 bridgehead atoms. The van der Waals surface area contributed by atoms with Crippen LogP contribution >= 0.6 is 0 Å². The molecule has 2 N–H and O–H groups in total. The van der Waals surface area contributed by atoms with Crippen molar-refractivity contribution in [3.05, 3.63) is 82.0 Å². The Labute approximate surface area is 177 Å². The van der Waals surface area contributed by atoms with Crippen LogP contribution in [0.15, 0.2) is 79.8 Å². The van der Waals surface area contributed by atoms with Gasteiger partial charge in [-0.05, 0) is 44.0 Å². The predicted octanol–water partition coefficient (Wildman–Crippen LogP) is 2.70. The number of nitrogens with zero attached hydrogens (tertiary/aromatic N) is 5. The third-order valence-corrected chi connectivity index (χ3v) is 4.84. The van der Waals surface area contributed by atoms with Gasteiger partial charge in [0.2, 0.25) is 0 Å². The highest BCUT2D eigenvalue weighted by atomic mass is 19.1. The first-order chi connectivity index (χ1) is 15.0. The van der Waals surface area contributed by atoms with Gasteiger partial charge in [-0.3, -0.25) is 14.4 Å². The van der Waals surface area contributed by atoms with E-state index < -0.39 is 11.9 Å². The third kappa shape index (κ3) is 3.73. The van der Waals surface area contributed by atoms with Gasteiger partial charge in [0.1, 0.15) is 17.3 Å². The van der Waals surface area contributed by atoms with Gasteiger partial charge in [0, 0.05) is 7.05 Å². The molecule has 8 nitrogen and oxygen atoms in total. The molecule has 0 aliphatic carbocycles. The number of aromatic nitrogens is 2. The molecule has 0 radical (unpaired) electrons. The number of hydrogen-bond donors (Lipinski definition) is 2. The van der Waals surface area contributed by atoms with Gasteiger partial charge in [-0.1, -0.05) is 18.2 Å². The smallest absolute Gasteiger partial charge is 0.266 e. The van der Waals surface area contributed by atoms with E-state index in [1.807, 2.05) is 25.1 Å². The van der Waals surface area contributed by atoms with Crippen molar-refractivity contribution in [3.8, 4) is 5.69 Å². The van der Waals surface area contributed by atoms with E-state index in [4.69, 9.17) is 0 Å². The van der Waals surface area contributed by atoms with Crippen molar-refractivity contribution >= 4 is 29.8 Å². The summed E-state index contributed by atoms with van der Waals surface area (Å²) >= 11 is 0. The number of nitrogens with one attached hydrogen (secondary N) is 2. The predicted molar refractivity (Wildman–Crippen MR) is 120 cm³/mol. The van der Waals surface area contributed by atoms with E-state index in [-0.39, 0.29) is 10.9 Å². The van der Waals surface area contributed by atoms with Crippen molar-refractivity contribution in [2.45, 2.75) is 13.0 Å². The van der Waals surface area contributed by atoms with Gasteiger partial charge in [-0.25, -0.2) is 19.4 Å². The number of halogens is 1. The van der Waals surface area contributed by atoms with E-state index in [1.54, 1.807) is 19.2 Å². The molecule has 0 unspecified atom stereocenters. The molecular weight excluding hydrogens is 397 g/mol. The Balaban J connectivity index is 1.89. The summed E-state index contributed by atoms with van der Waals surface area (Å²) in [6.45, 7) is 5.47. The van der Waals surface area contributed by atoms with Crippen molar-refractivity contribution in [2.75, 3.05) is 7.05 Å². The van der Waals surface area contributed by atoms with Gasteiger partial charge < -0.3 is 10.6 Å². The van der Waals surface area contributed by atoms with Crippen molar-refractivity contribution < 1.29 is 4.39 Å². The molecule has 9 heteroatoms. The minimum Gasteiger partial charge on any atom is -0.358 e. The number of aliphatic imine (C=N–C) groups is 3. The molecule has 1 atom stereocenters. The summed E-state index contributed by atoms with van der Waals surface area (Å²) in [5.74, 6) is 0.875. The summed E-state index contributed by atoms with van der Waals surface area (Å²) in [5, 5.41) is 6.35. The van der Waals surface area contributed by atoms with E-state index in [0.717, 1.165) is 0 Å². The Morgan fingerprint density at radius 2 is 2.03 bits per heavy atom. The minimum absolute atomic E-state index is 0.199. The van der Waals surface area contributed by atoms with Crippen LogP contribution in [0.1, 0.15) is 18.8 Å². The zero-order chi connectivity index (χ0) is 22.0. The lowest BCUT2D eigenvalue weighted by atomic mass is 10.2. The van der Waals surface area contributed by atoms with Gasteiger partial charge in [-0.2, -0.15) is 0 Å². The molecule has 2 heterocycles. The highest BCUT2D eigenvalue weighted by Gasteiger charge is 2.22. The Morgan fingerprint density at radius 3 is 2.74 bits per heavy atom. The summed E-state index contributed by atoms with van der Waals surface area (Å²) in [6, 6.07) is 12.6. The first-order valence-electron chi connectivity index (χ1n) is 9.55. The fourth-order valence-corrected chi connectivity index (χ4v) is 3.38. The maximum atomic E-state index is 13.8. The number of benzene rings is 2. The first-order valence-corrected chi connectivity index (χ1v) is 9.55. The maximum Gasteiger partial charge on any atom is 0.266 e. The summed E-state index contributed by atoms with van der Waals surface area (Å²) < 4.78 is 15.3. The molecule has 31 heavy (non-hydrogen) atoms. The zero-order valence-electron chi connectivity index (χ0n) is 17.0. The van der Waals surface area contributed by atoms with E-state index in [0.29, 0.717) is 34.4 Å². The van der Waals surface area contributed by atoms with Crippen LogP contribution in [0.4, 0.5) is 4.39 Å². The van der Waals surface area contributed by atoms with E-state index >= 15 is 0 Å². The average molecular weight is 417 g/mol. The Bertz CT molecular complexity index is 1310. The second-order valence-corrected chi connectivity index (χ2v) is 6.80. The van der Waals surface area contributed by atoms with Crippen molar-refractivity contribution in [3.63, 3.8) is 0 Å². The fraction of sp³-hybridized carbons (Fsp3) is 0.136. The van der Waals surface area contributed by atoms with Crippen LogP contribution < -0.4 is 16.2 Å². The van der Waals surface area contributed by atoms with Crippen LogP contribution in [0.3, 0.4) is 0 Å². The molecule has 0 saturated heterocycles. The molecule has 1 aliphatic heterocycles. The summed E-state index contributed by atoms with van der Waals surface area (Å²) in [7, 11) is 1.64. The van der Waals surface area contributed by atoms with E-state index in [1.165, 1.54) is 29.1 Å². The third-order valence-electron chi connectivity index (χ3n) is 4.84. The molecule has 2 aromatic carbocycles. The Kier molecular flexibility index (Phi) is 5.40. The monoisotopic (exact) mass is 417 g/mol. The molecule has 0 amide bonds. The first kappa shape index (κ1) is 20.1. The quantitative estimate of drug-likeness (QED) is 0.624. The van der Waals surface area contributed by atoms with Crippen LogP contribution in [0.2, 0.25) is 0 Å². The largest absolute Gasteiger partial charge is 0.358 e. The Hall–Kier alpha value is -4.14. The molecule has 3 aromatic rings. The molecule has 1 aliphatic rings. The lowest BCUT2D eigenvalue weighted by molar-refractivity contribution is 0.586. The average Bonchev–Trinajstić information content (AvgIpc) is 3.27. The molecular formula is C22H20FN7O. The van der Waals surface area contributed by atoms with E-state index in [2.05, 4.69) is 37.3 Å². The van der Waals surface area contributed by atoms with Crippen LogP contribution in [0, 0.1) is 5.82 Å². The number of amidine groups is 1. The summed E-state index contributed by atoms with van der Waals surface area (Å²) in [4.78, 5) is 30.5. The highest BCUT2D eigenvalue weighted by Crippen LogP contribution is 2.21. The van der Waals surface area contributed by atoms with Crippen LogP contribution in [0.5, 0.6) is 0 Å². The minimum atomic E-state index is -0.495. The van der Waals surface area contributed by atoms with Crippen molar-refractivity contribution in [1.29, 1.82) is 0 Å². The van der Waals surface area contributed by atoms with E-state index in [9.17, 15) is 9.18 Å². The Morgan fingerprint density at radius 1 is 1.26 bits per heavy atom. The zero-order valence-corrected chi connectivity index (χ0v) is 17.0. The number of fused-ring (bicyclic) bond motifs is 1. The molecule has 156 valence electrons. The summed E-state index contributed by atoms with van der Waals surface area (Å²) in [5.41, 5.74) is 1.16. The van der Waals surface area contributed by atoms with Gasteiger partial charge >= 0.3 is 0 Å². The standard InChI is InChI=1S/C22H20FN7O/c1-13(28-20(25-3)18-19(24-2)27-12-26-18)21-29-17-10-9-14(23)11-16(17)22(31)30(21)15-7-5-4-6-8-15/h4-13,28H,3H2,1-2H3,(H,24,26,27)/b20-18-/t13-/m0/s1. The topological polar surface area (TPSA) is 96.0 Å². The highest BCUT2D eigenvalue weighted by molar-refractivity contribution is 6.09. The lowest BCUT2D eigenvalue weighted by Gasteiger charge is -2.21. The molecule has 0 fully saturated rings. The lowest BCUT2D eigenvalue weighted by Crippen LogP contribution is -2.30. The van der Waals surface area contributed by atoms with Gasteiger partial charge in [0.05, 0.1) is 29.0 Å². The number of rotatable bonds is 5. The number of hydrogen-bond acceptors (Lipinski definition) is 6. The van der Waals surface area contributed by atoms with Crippen LogP contribution in [-0.4, -0.2) is 35.5 Å². The fourth-order valence-electron chi connectivity index (χ4n) is 3.38. The second kappa shape index (κ2) is 8.31. The van der Waals surface area contributed by atoms with Crippen LogP contribution in [0.25, 0.3) is 16.6 Å². The van der Waals surface area contributed by atoms with Crippen LogP contribution in [-0.2, 0) is 0 Å². The van der Waals surface area contributed by atoms with Crippen molar-refractivity contribution in [2.24, 2.45) is 15.0 Å². The van der Waals surface area contributed by atoms with Gasteiger partial charge in [0.25, 0.3) is 5.56 Å². The SMILES string of the molecule is C=N/C(N[C@@H](C)c1nc2ccc(F)cc2c(=O)n1-c1ccccc1)=C1/N=CN/C1=N/C. The second-order valence-electron chi connectivity index (χ2n) is 6.80.